The normalized spacial score (nSPS) is 16.2. The van der Waals surface area contributed by atoms with Gasteiger partial charge in [-0.1, -0.05) is 0 Å². The molecule has 0 bridgehead atoms. The van der Waals surface area contributed by atoms with Crippen LogP contribution in [0.2, 0.25) is 0 Å². The minimum Gasteiger partial charge on any atom is -0.493 e. The van der Waals surface area contributed by atoms with Gasteiger partial charge in [-0.05, 0) is 61.4 Å². The molecule has 170 valence electrons. The van der Waals surface area contributed by atoms with Crippen molar-refractivity contribution < 1.29 is 18.3 Å². The van der Waals surface area contributed by atoms with Gasteiger partial charge in [-0.15, -0.1) is 10.2 Å². The molecule has 1 saturated heterocycles. The fourth-order valence-corrected chi connectivity index (χ4v) is 4.01. The Hall–Kier alpha value is -2.97. The smallest absolute Gasteiger partial charge is 0.247 e. The number of hydrogen-bond donors (Lipinski definition) is 0. The predicted octanol–water partition coefficient (Wildman–Crippen LogP) is 4.08. The Labute approximate surface area is 187 Å². The second-order valence-electron chi connectivity index (χ2n) is 8.07. The van der Waals surface area contributed by atoms with Crippen LogP contribution >= 0.6 is 0 Å². The van der Waals surface area contributed by atoms with E-state index in [1.165, 1.54) is 23.3 Å². The molecule has 0 spiro atoms. The van der Waals surface area contributed by atoms with Gasteiger partial charge in [0.1, 0.15) is 5.82 Å². The average molecular weight is 441 g/mol. The average Bonchev–Trinajstić information content (AvgIpc) is 3.31. The Bertz CT molecular complexity index is 1050. The Morgan fingerprint density at radius 3 is 2.31 bits per heavy atom. The summed E-state index contributed by atoms with van der Waals surface area (Å²) in [5.74, 6) is 2.21. The van der Waals surface area contributed by atoms with E-state index < -0.39 is 0 Å². The molecule has 0 amide bonds. The number of benzene rings is 2. The summed E-state index contributed by atoms with van der Waals surface area (Å²) < 4.78 is 29.9. The summed E-state index contributed by atoms with van der Waals surface area (Å²) in [5.41, 5.74) is 3.15. The maximum Gasteiger partial charge on any atom is 0.247 e. The zero-order valence-electron chi connectivity index (χ0n) is 19.0. The fraction of sp³-hybridized carbons (Fsp3) is 0.417. The van der Waals surface area contributed by atoms with Gasteiger partial charge in [-0.3, -0.25) is 9.80 Å². The van der Waals surface area contributed by atoms with E-state index in [1.54, 1.807) is 26.4 Å². The minimum atomic E-state index is -0.289. The topological polar surface area (TPSA) is 63.9 Å². The molecule has 0 saturated carbocycles. The molecule has 1 atom stereocenters. The Kier molecular flexibility index (Phi) is 6.72. The van der Waals surface area contributed by atoms with E-state index in [0.29, 0.717) is 17.3 Å². The van der Waals surface area contributed by atoms with Gasteiger partial charge in [0.15, 0.2) is 11.5 Å². The van der Waals surface area contributed by atoms with Gasteiger partial charge in [-0.25, -0.2) is 4.39 Å². The van der Waals surface area contributed by atoms with Crippen LogP contribution in [0.15, 0.2) is 40.8 Å². The van der Waals surface area contributed by atoms with E-state index in [4.69, 9.17) is 13.9 Å². The van der Waals surface area contributed by atoms with Crippen molar-refractivity contribution in [3.8, 4) is 23.0 Å². The zero-order valence-corrected chi connectivity index (χ0v) is 19.0. The van der Waals surface area contributed by atoms with Crippen LogP contribution < -0.4 is 9.47 Å². The van der Waals surface area contributed by atoms with Crippen LogP contribution in [-0.4, -0.2) is 60.4 Å². The first-order valence-corrected chi connectivity index (χ1v) is 10.8. The van der Waals surface area contributed by atoms with Gasteiger partial charge in [0, 0.05) is 38.3 Å². The number of piperazine rings is 1. The number of rotatable bonds is 7. The molecule has 2 heterocycles. The molecule has 3 aromatic rings. The first-order chi connectivity index (χ1) is 15.5. The Morgan fingerprint density at radius 2 is 1.66 bits per heavy atom. The summed E-state index contributed by atoms with van der Waals surface area (Å²) in [5, 5.41) is 8.38. The number of aryl methyl sites for hydroxylation is 1. The van der Waals surface area contributed by atoms with Gasteiger partial charge in [0.05, 0.1) is 20.3 Å². The van der Waals surface area contributed by atoms with E-state index in [1.807, 2.05) is 6.07 Å². The highest BCUT2D eigenvalue weighted by Gasteiger charge is 2.26. The van der Waals surface area contributed by atoms with Crippen LogP contribution in [0.25, 0.3) is 11.5 Å². The summed E-state index contributed by atoms with van der Waals surface area (Å²) in [7, 11) is 3.32. The first-order valence-electron chi connectivity index (χ1n) is 10.8. The third-order valence-corrected chi connectivity index (χ3v) is 6.08. The lowest BCUT2D eigenvalue weighted by atomic mass is 10.1. The van der Waals surface area contributed by atoms with E-state index >= 15 is 0 Å². The van der Waals surface area contributed by atoms with Crippen LogP contribution in [-0.2, 0) is 6.54 Å². The largest absolute Gasteiger partial charge is 0.493 e. The van der Waals surface area contributed by atoms with Crippen LogP contribution in [0.4, 0.5) is 4.39 Å². The number of methoxy groups -OCH3 is 2. The molecule has 1 fully saturated rings. The molecule has 1 aromatic heterocycles. The summed E-state index contributed by atoms with van der Waals surface area (Å²) in [6.45, 7) is 8.74. The highest BCUT2D eigenvalue weighted by molar-refractivity contribution is 5.52. The quantitative estimate of drug-likeness (QED) is 0.549. The molecule has 1 aliphatic rings. The summed E-state index contributed by atoms with van der Waals surface area (Å²) in [4.78, 5) is 4.79. The summed E-state index contributed by atoms with van der Waals surface area (Å²) >= 11 is 0. The summed E-state index contributed by atoms with van der Waals surface area (Å²) in [6.07, 6.45) is 0. The van der Waals surface area contributed by atoms with E-state index in [-0.39, 0.29) is 11.9 Å². The highest BCUT2D eigenvalue weighted by atomic mass is 19.1. The van der Waals surface area contributed by atoms with Crippen LogP contribution in [0.3, 0.4) is 0 Å². The van der Waals surface area contributed by atoms with Gasteiger partial charge >= 0.3 is 0 Å². The molecule has 1 aliphatic heterocycles. The highest BCUT2D eigenvalue weighted by Crippen LogP contribution is 2.31. The Morgan fingerprint density at radius 1 is 1.00 bits per heavy atom. The summed E-state index contributed by atoms with van der Waals surface area (Å²) in [6, 6.07) is 10.2. The number of aromatic nitrogens is 2. The molecule has 0 aliphatic carbocycles. The molecule has 32 heavy (non-hydrogen) atoms. The Balaban J connectivity index is 1.36. The van der Waals surface area contributed by atoms with Crippen molar-refractivity contribution in [2.75, 3.05) is 40.4 Å². The van der Waals surface area contributed by atoms with E-state index in [2.05, 4.69) is 39.9 Å². The molecule has 2 aromatic carbocycles. The lowest BCUT2D eigenvalue weighted by molar-refractivity contribution is 0.0874. The third kappa shape index (κ3) is 4.76. The number of halogens is 1. The van der Waals surface area contributed by atoms with Crippen LogP contribution in [0.1, 0.15) is 30.0 Å². The third-order valence-electron chi connectivity index (χ3n) is 6.08. The van der Waals surface area contributed by atoms with E-state index in [9.17, 15) is 4.39 Å². The van der Waals surface area contributed by atoms with Gasteiger partial charge in [0.25, 0.3) is 0 Å². The molecule has 0 unspecified atom stereocenters. The second kappa shape index (κ2) is 9.67. The minimum absolute atomic E-state index is 0.0154. The first kappa shape index (κ1) is 22.2. The van der Waals surface area contributed by atoms with Crippen molar-refractivity contribution in [1.82, 2.24) is 20.0 Å². The van der Waals surface area contributed by atoms with E-state index in [0.717, 1.165) is 44.2 Å². The van der Waals surface area contributed by atoms with Crippen molar-refractivity contribution in [3.63, 3.8) is 0 Å². The lowest BCUT2D eigenvalue weighted by Gasteiger charge is -2.37. The van der Waals surface area contributed by atoms with Crippen LogP contribution in [0.5, 0.6) is 11.5 Å². The molecule has 8 heteroatoms. The molecule has 4 rings (SSSR count). The van der Waals surface area contributed by atoms with Gasteiger partial charge in [-0.2, -0.15) is 0 Å². The van der Waals surface area contributed by atoms with Crippen molar-refractivity contribution >= 4 is 0 Å². The molecular weight excluding hydrogens is 411 g/mol. The van der Waals surface area contributed by atoms with Gasteiger partial charge in [0.2, 0.25) is 11.8 Å². The molecule has 0 N–H and O–H groups in total. The van der Waals surface area contributed by atoms with Gasteiger partial charge < -0.3 is 13.9 Å². The van der Waals surface area contributed by atoms with Crippen molar-refractivity contribution in [2.45, 2.75) is 26.4 Å². The fourth-order valence-electron chi connectivity index (χ4n) is 4.01. The molecular formula is C24H29FN4O3. The zero-order chi connectivity index (χ0) is 22.7. The standard InChI is InChI=1S/C24H29FN4O3/c1-16-13-21(30-3)22(31-4)14-19(16)15-28-9-11-29(12-10-28)17(2)23-26-27-24(32-23)18-5-7-20(25)8-6-18/h5-8,13-14,17H,9-12,15H2,1-4H3/t17-/m1/s1. The lowest BCUT2D eigenvalue weighted by Crippen LogP contribution is -2.46. The number of ether oxygens (including phenoxy) is 2. The van der Waals surface area contributed by atoms with Crippen molar-refractivity contribution in [1.29, 1.82) is 0 Å². The monoisotopic (exact) mass is 440 g/mol. The number of hydrogen-bond acceptors (Lipinski definition) is 7. The predicted molar refractivity (Wildman–Crippen MR) is 119 cm³/mol. The second-order valence-corrected chi connectivity index (χ2v) is 8.07. The maximum atomic E-state index is 13.2. The van der Waals surface area contributed by atoms with Crippen molar-refractivity contribution in [2.24, 2.45) is 0 Å². The maximum absolute atomic E-state index is 13.2. The SMILES string of the molecule is COc1cc(C)c(CN2CCN([C@H](C)c3nnc(-c4ccc(F)cc4)o3)CC2)cc1OC. The van der Waals surface area contributed by atoms with Crippen molar-refractivity contribution in [3.05, 3.63) is 59.2 Å². The van der Waals surface area contributed by atoms with Crippen LogP contribution in [0, 0.1) is 12.7 Å². The number of nitrogens with zero attached hydrogens (tertiary/aromatic N) is 4. The molecule has 7 nitrogen and oxygen atoms in total. The molecule has 0 radical (unpaired) electrons.